The van der Waals surface area contributed by atoms with Crippen LogP contribution in [0.3, 0.4) is 0 Å². The highest BCUT2D eigenvalue weighted by molar-refractivity contribution is 5.70. The number of aromatic nitrogens is 3. The van der Waals surface area contributed by atoms with Gasteiger partial charge < -0.3 is 10.3 Å². The molecule has 1 saturated carbocycles. The molecule has 106 valence electrons. The van der Waals surface area contributed by atoms with Crippen molar-refractivity contribution in [1.82, 2.24) is 14.5 Å². The number of rotatable bonds is 3. The van der Waals surface area contributed by atoms with E-state index in [1.165, 1.54) is 25.7 Å². The van der Waals surface area contributed by atoms with Gasteiger partial charge in [-0.3, -0.25) is 0 Å². The predicted octanol–water partition coefficient (Wildman–Crippen LogP) is 3.35. The summed E-state index contributed by atoms with van der Waals surface area (Å²) < 4.78 is 2.23. The van der Waals surface area contributed by atoms with E-state index in [9.17, 15) is 0 Å². The molecule has 0 aromatic carbocycles. The molecule has 4 nitrogen and oxygen atoms in total. The monoisotopic (exact) mass is 270 g/mol. The Bertz CT molecular complexity index is 575. The fraction of sp³-hybridized carbons (Fsp3) is 0.500. The first-order valence-electron chi connectivity index (χ1n) is 7.45. The standard InChI is InChI=1S/C16H22N4/c1-12-4-2-5-13(8-12)10-20-11-18-9-15(20)14-6-3-7-19-16(14)17/h3,6-7,9,11-13H,2,4-5,8,10H2,1H3,(H2,17,19). The second-order valence-corrected chi connectivity index (χ2v) is 6.01. The molecule has 2 aromatic heterocycles. The van der Waals surface area contributed by atoms with Crippen LogP contribution in [-0.2, 0) is 6.54 Å². The van der Waals surface area contributed by atoms with Gasteiger partial charge in [-0.25, -0.2) is 9.97 Å². The van der Waals surface area contributed by atoms with E-state index in [0.717, 1.165) is 29.6 Å². The zero-order valence-electron chi connectivity index (χ0n) is 12.0. The average Bonchev–Trinajstić information content (AvgIpc) is 2.87. The minimum absolute atomic E-state index is 0.575. The fourth-order valence-corrected chi connectivity index (χ4v) is 3.33. The van der Waals surface area contributed by atoms with Gasteiger partial charge in [0.2, 0.25) is 0 Å². The van der Waals surface area contributed by atoms with Crippen molar-refractivity contribution in [3.05, 3.63) is 30.9 Å². The van der Waals surface area contributed by atoms with Gasteiger partial charge in [0.05, 0.1) is 18.2 Å². The fourth-order valence-electron chi connectivity index (χ4n) is 3.33. The Kier molecular flexibility index (Phi) is 3.72. The molecule has 1 aliphatic carbocycles. The zero-order chi connectivity index (χ0) is 13.9. The molecule has 0 radical (unpaired) electrons. The molecule has 0 spiro atoms. The van der Waals surface area contributed by atoms with Crippen LogP contribution < -0.4 is 5.73 Å². The van der Waals surface area contributed by atoms with Crippen LogP contribution in [-0.4, -0.2) is 14.5 Å². The van der Waals surface area contributed by atoms with Gasteiger partial charge in [0.15, 0.2) is 0 Å². The second kappa shape index (κ2) is 5.65. The summed E-state index contributed by atoms with van der Waals surface area (Å²) in [6.07, 6.45) is 10.9. The zero-order valence-corrected chi connectivity index (χ0v) is 12.0. The summed E-state index contributed by atoms with van der Waals surface area (Å²) >= 11 is 0. The molecular weight excluding hydrogens is 248 g/mol. The number of nitrogen functional groups attached to an aromatic ring is 1. The van der Waals surface area contributed by atoms with Crippen LogP contribution >= 0.6 is 0 Å². The molecule has 2 heterocycles. The topological polar surface area (TPSA) is 56.7 Å². The largest absolute Gasteiger partial charge is 0.383 e. The molecule has 1 aliphatic rings. The van der Waals surface area contributed by atoms with Crippen LogP contribution in [0.2, 0.25) is 0 Å². The Hall–Kier alpha value is -1.84. The molecule has 2 aromatic rings. The third-order valence-corrected chi connectivity index (χ3v) is 4.33. The molecule has 1 fully saturated rings. The maximum absolute atomic E-state index is 5.98. The summed E-state index contributed by atoms with van der Waals surface area (Å²) in [6, 6.07) is 3.94. The molecule has 2 unspecified atom stereocenters. The highest BCUT2D eigenvalue weighted by Gasteiger charge is 2.20. The van der Waals surface area contributed by atoms with Crippen molar-refractivity contribution in [3.63, 3.8) is 0 Å². The van der Waals surface area contributed by atoms with Crippen molar-refractivity contribution in [2.24, 2.45) is 11.8 Å². The van der Waals surface area contributed by atoms with E-state index in [1.54, 1.807) is 6.20 Å². The molecule has 4 heteroatoms. The number of imidazole rings is 1. The molecule has 0 aliphatic heterocycles. The van der Waals surface area contributed by atoms with Crippen LogP contribution in [0, 0.1) is 11.8 Å². The van der Waals surface area contributed by atoms with Crippen molar-refractivity contribution >= 4 is 5.82 Å². The summed E-state index contributed by atoms with van der Waals surface area (Å²) in [5.74, 6) is 2.18. The Labute approximate surface area is 120 Å². The van der Waals surface area contributed by atoms with Gasteiger partial charge in [-0.1, -0.05) is 19.8 Å². The van der Waals surface area contributed by atoms with E-state index in [1.807, 2.05) is 24.7 Å². The molecule has 0 bridgehead atoms. The van der Waals surface area contributed by atoms with Gasteiger partial charge in [-0.2, -0.15) is 0 Å². The number of nitrogens with two attached hydrogens (primary N) is 1. The van der Waals surface area contributed by atoms with Crippen molar-refractivity contribution in [1.29, 1.82) is 0 Å². The van der Waals surface area contributed by atoms with Gasteiger partial charge in [0, 0.05) is 18.3 Å². The maximum Gasteiger partial charge on any atom is 0.132 e. The summed E-state index contributed by atoms with van der Waals surface area (Å²) in [5, 5.41) is 0. The summed E-state index contributed by atoms with van der Waals surface area (Å²) in [6.45, 7) is 3.40. The Morgan fingerprint density at radius 2 is 2.30 bits per heavy atom. The number of anilines is 1. The van der Waals surface area contributed by atoms with Crippen LogP contribution in [0.1, 0.15) is 32.6 Å². The van der Waals surface area contributed by atoms with Gasteiger partial charge in [-0.15, -0.1) is 0 Å². The lowest BCUT2D eigenvalue weighted by Crippen LogP contribution is -2.18. The lowest BCUT2D eigenvalue weighted by atomic mass is 9.82. The Morgan fingerprint density at radius 3 is 3.10 bits per heavy atom. The molecule has 0 amide bonds. The highest BCUT2D eigenvalue weighted by atomic mass is 15.1. The van der Waals surface area contributed by atoms with Gasteiger partial charge in [-0.05, 0) is 36.8 Å². The predicted molar refractivity (Wildman–Crippen MR) is 81.0 cm³/mol. The van der Waals surface area contributed by atoms with E-state index in [0.29, 0.717) is 5.82 Å². The summed E-state index contributed by atoms with van der Waals surface area (Å²) in [4.78, 5) is 8.48. The average molecular weight is 270 g/mol. The van der Waals surface area contributed by atoms with Crippen molar-refractivity contribution in [2.45, 2.75) is 39.2 Å². The summed E-state index contributed by atoms with van der Waals surface area (Å²) in [7, 11) is 0. The van der Waals surface area contributed by atoms with Gasteiger partial charge >= 0.3 is 0 Å². The lowest BCUT2D eigenvalue weighted by Gasteiger charge is -2.27. The molecule has 20 heavy (non-hydrogen) atoms. The third-order valence-electron chi connectivity index (χ3n) is 4.33. The SMILES string of the molecule is CC1CCCC(Cn2cncc2-c2cccnc2N)C1. The molecule has 3 rings (SSSR count). The van der Waals surface area contributed by atoms with E-state index >= 15 is 0 Å². The summed E-state index contributed by atoms with van der Waals surface area (Å²) in [5.41, 5.74) is 8.04. The molecule has 0 saturated heterocycles. The van der Waals surface area contributed by atoms with Crippen molar-refractivity contribution in [2.75, 3.05) is 5.73 Å². The number of nitrogens with zero attached hydrogens (tertiary/aromatic N) is 3. The quantitative estimate of drug-likeness (QED) is 0.930. The van der Waals surface area contributed by atoms with E-state index in [-0.39, 0.29) is 0 Å². The molecular formula is C16H22N4. The lowest BCUT2D eigenvalue weighted by molar-refractivity contribution is 0.257. The highest BCUT2D eigenvalue weighted by Crippen LogP contribution is 2.31. The van der Waals surface area contributed by atoms with Crippen LogP contribution in [0.25, 0.3) is 11.3 Å². The molecule has 2 atom stereocenters. The Balaban J connectivity index is 1.82. The Morgan fingerprint density at radius 1 is 1.40 bits per heavy atom. The number of hydrogen-bond donors (Lipinski definition) is 1. The smallest absolute Gasteiger partial charge is 0.132 e. The van der Waals surface area contributed by atoms with Crippen LogP contribution in [0.4, 0.5) is 5.82 Å². The first kappa shape index (κ1) is 13.2. The third kappa shape index (κ3) is 2.69. The van der Waals surface area contributed by atoms with E-state index < -0.39 is 0 Å². The molecule has 2 N–H and O–H groups in total. The van der Waals surface area contributed by atoms with E-state index in [4.69, 9.17) is 5.73 Å². The normalized spacial score (nSPS) is 22.9. The number of hydrogen-bond acceptors (Lipinski definition) is 3. The second-order valence-electron chi connectivity index (χ2n) is 6.01. The first-order chi connectivity index (χ1) is 9.74. The van der Waals surface area contributed by atoms with E-state index in [2.05, 4.69) is 21.5 Å². The van der Waals surface area contributed by atoms with Gasteiger partial charge in [0.1, 0.15) is 5.82 Å². The maximum atomic E-state index is 5.98. The minimum Gasteiger partial charge on any atom is -0.383 e. The first-order valence-corrected chi connectivity index (χ1v) is 7.45. The minimum atomic E-state index is 0.575. The van der Waals surface area contributed by atoms with Crippen molar-refractivity contribution < 1.29 is 0 Å². The van der Waals surface area contributed by atoms with Crippen LogP contribution in [0.15, 0.2) is 30.9 Å². The number of pyridine rings is 1. The van der Waals surface area contributed by atoms with Crippen molar-refractivity contribution in [3.8, 4) is 11.3 Å². The van der Waals surface area contributed by atoms with Gasteiger partial charge in [0.25, 0.3) is 0 Å². The van der Waals surface area contributed by atoms with Crippen LogP contribution in [0.5, 0.6) is 0 Å².